The zero-order valence-electron chi connectivity index (χ0n) is 16.9. The van der Waals surface area contributed by atoms with E-state index in [1.54, 1.807) is 13.2 Å². The van der Waals surface area contributed by atoms with Gasteiger partial charge in [0.15, 0.2) is 0 Å². The lowest BCUT2D eigenvalue weighted by molar-refractivity contribution is 0.0536. The normalized spacial score (nSPS) is 20.8. The molecular formula is C21H22F2N4O3S. The molecule has 2 fully saturated rings. The number of hydrogen-bond donors (Lipinski definition) is 1. The number of anilines is 1. The summed E-state index contributed by atoms with van der Waals surface area (Å²) in [6.45, 7) is 0.794. The zero-order chi connectivity index (χ0) is 22.2. The molecule has 3 heterocycles. The zero-order valence-corrected chi connectivity index (χ0v) is 17.8. The van der Waals surface area contributed by atoms with Gasteiger partial charge in [0.1, 0.15) is 10.7 Å². The van der Waals surface area contributed by atoms with E-state index in [4.69, 9.17) is 5.14 Å². The molecule has 7 nitrogen and oxygen atoms in total. The lowest BCUT2D eigenvalue weighted by Crippen LogP contribution is -2.37. The molecule has 0 aromatic carbocycles. The molecule has 0 unspecified atom stereocenters. The molecule has 164 valence electrons. The maximum atomic E-state index is 13.8. The van der Waals surface area contributed by atoms with Crippen molar-refractivity contribution in [2.24, 2.45) is 17.6 Å². The van der Waals surface area contributed by atoms with Crippen molar-refractivity contribution in [2.45, 2.75) is 36.5 Å². The molecule has 0 bridgehead atoms. The lowest BCUT2D eigenvalue weighted by atomic mass is 9.92. The summed E-state index contributed by atoms with van der Waals surface area (Å²) in [5, 5.41) is 5.34. The van der Waals surface area contributed by atoms with Crippen LogP contribution in [0.5, 0.6) is 0 Å². The standard InChI is InChI=1S/C21H22F2N4O3S/c1-26-11-17(14-3-2-4-15(14)19(26)28)16-9-13(31(24,29)30)10-25-18(16)27-7-5-20(6-8-27)12-21(20,22)23/h2-3,9-11H,4-8,12H2,1H3,(H2,24,29,30). The number of pyridine rings is 2. The van der Waals surface area contributed by atoms with Crippen LogP contribution in [-0.4, -0.2) is 37.0 Å². The third-order valence-corrected chi connectivity index (χ3v) is 7.70. The lowest BCUT2D eigenvalue weighted by Gasteiger charge is -2.34. The summed E-state index contributed by atoms with van der Waals surface area (Å²) >= 11 is 0. The first kappa shape index (κ1) is 20.3. The summed E-state index contributed by atoms with van der Waals surface area (Å²) in [5.74, 6) is -2.09. The van der Waals surface area contributed by atoms with E-state index in [0.717, 1.165) is 5.56 Å². The van der Waals surface area contributed by atoms with Crippen LogP contribution in [0.15, 0.2) is 34.2 Å². The van der Waals surface area contributed by atoms with Crippen LogP contribution in [0.3, 0.4) is 0 Å². The predicted octanol–water partition coefficient (Wildman–Crippen LogP) is 2.29. The van der Waals surface area contributed by atoms with Crippen molar-refractivity contribution in [3.05, 3.63) is 46.0 Å². The maximum absolute atomic E-state index is 13.8. The number of sulfonamides is 1. The molecule has 2 aliphatic carbocycles. The van der Waals surface area contributed by atoms with Gasteiger partial charge in [0.2, 0.25) is 10.0 Å². The number of halogens is 2. The Labute approximate surface area is 178 Å². The molecule has 2 N–H and O–H groups in total. The first-order chi connectivity index (χ1) is 14.5. The van der Waals surface area contributed by atoms with Crippen molar-refractivity contribution in [3.63, 3.8) is 0 Å². The molecule has 1 spiro atoms. The minimum Gasteiger partial charge on any atom is -0.356 e. The maximum Gasteiger partial charge on any atom is 0.254 e. The van der Waals surface area contributed by atoms with E-state index < -0.39 is 21.4 Å². The second-order valence-electron chi connectivity index (χ2n) is 8.69. The molecule has 2 aromatic rings. The fourth-order valence-electron chi connectivity index (χ4n) is 4.82. The molecule has 0 atom stereocenters. The fraction of sp³-hybridized carbons (Fsp3) is 0.429. The van der Waals surface area contributed by atoms with Crippen LogP contribution in [-0.2, 0) is 23.5 Å². The number of nitrogens with two attached hydrogens (primary N) is 1. The minimum atomic E-state index is -4.00. The third-order valence-electron chi connectivity index (χ3n) is 6.81. The van der Waals surface area contributed by atoms with Crippen LogP contribution in [0.25, 0.3) is 17.2 Å². The van der Waals surface area contributed by atoms with Crippen molar-refractivity contribution in [1.29, 1.82) is 0 Å². The molecule has 1 saturated heterocycles. The van der Waals surface area contributed by atoms with Gasteiger partial charge in [0, 0.05) is 61.1 Å². The summed E-state index contributed by atoms with van der Waals surface area (Å²) < 4.78 is 53.1. The van der Waals surface area contributed by atoms with Crippen molar-refractivity contribution < 1.29 is 17.2 Å². The summed E-state index contributed by atoms with van der Waals surface area (Å²) in [6.07, 6.45) is 7.70. The van der Waals surface area contributed by atoms with Gasteiger partial charge in [-0.25, -0.2) is 27.3 Å². The highest BCUT2D eigenvalue weighted by Crippen LogP contribution is 2.66. The van der Waals surface area contributed by atoms with Gasteiger partial charge in [0.05, 0.1) is 0 Å². The quantitative estimate of drug-likeness (QED) is 0.777. The molecule has 5 rings (SSSR count). The van der Waals surface area contributed by atoms with E-state index in [9.17, 15) is 22.0 Å². The number of nitrogens with zero attached hydrogens (tertiary/aromatic N) is 3. The van der Waals surface area contributed by atoms with E-state index in [2.05, 4.69) is 4.98 Å². The fourth-order valence-corrected chi connectivity index (χ4v) is 5.31. The van der Waals surface area contributed by atoms with E-state index in [-0.39, 0.29) is 16.9 Å². The molecule has 3 aliphatic rings. The van der Waals surface area contributed by atoms with Crippen molar-refractivity contribution in [3.8, 4) is 11.1 Å². The second kappa shape index (κ2) is 6.46. The summed E-state index contributed by atoms with van der Waals surface area (Å²) in [5.41, 5.74) is 1.50. The van der Waals surface area contributed by atoms with E-state index in [1.807, 2.05) is 17.1 Å². The Hall–Kier alpha value is -2.59. The Morgan fingerprint density at radius 1 is 1.19 bits per heavy atom. The Kier molecular flexibility index (Phi) is 4.23. The molecule has 0 amide bonds. The molecule has 2 aromatic heterocycles. The summed E-state index contributed by atoms with van der Waals surface area (Å²) in [7, 11) is -2.36. The van der Waals surface area contributed by atoms with Crippen molar-refractivity contribution in [2.75, 3.05) is 18.0 Å². The van der Waals surface area contributed by atoms with E-state index in [1.165, 1.54) is 16.8 Å². The Bertz CT molecular complexity index is 1290. The molecule has 1 aliphatic heterocycles. The summed E-state index contributed by atoms with van der Waals surface area (Å²) in [6, 6.07) is 1.46. The van der Waals surface area contributed by atoms with E-state index in [0.29, 0.717) is 54.9 Å². The number of aryl methyl sites for hydroxylation is 1. The SMILES string of the molecule is Cn1cc(-c2cc(S(N)(=O)=O)cnc2N2CCC3(CC2)CC3(F)F)c2c(c1=O)CC=C2. The number of fused-ring (bicyclic) bond motifs is 1. The number of primary sulfonamides is 1. The van der Waals surface area contributed by atoms with Gasteiger partial charge in [-0.05, 0) is 30.9 Å². The van der Waals surface area contributed by atoms with Gasteiger partial charge in [-0.2, -0.15) is 0 Å². The average molecular weight is 448 g/mol. The molecular weight excluding hydrogens is 426 g/mol. The van der Waals surface area contributed by atoms with Gasteiger partial charge in [-0.3, -0.25) is 4.79 Å². The smallest absolute Gasteiger partial charge is 0.254 e. The van der Waals surface area contributed by atoms with Crippen LogP contribution >= 0.6 is 0 Å². The Morgan fingerprint density at radius 3 is 2.48 bits per heavy atom. The number of rotatable bonds is 3. The Balaban J connectivity index is 1.63. The van der Waals surface area contributed by atoms with Crippen LogP contribution in [0, 0.1) is 5.41 Å². The second-order valence-corrected chi connectivity index (χ2v) is 10.3. The van der Waals surface area contributed by atoms with Crippen molar-refractivity contribution in [1.82, 2.24) is 9.55 Å². The highest BCUT2D eigenvalue weighted by Gasteiger charge is 2.70. The van der Waals surface area contributed by atoms with Gasteiger partial charge < -0.3 is 9.47 Å². The molecule has 10 heteroatoms. The van der Waals surface area contributed by atoms with Crippen LogP contribution < -0.4 is 15.6 Å². The van der Waals surface area contributed by atoms with Gasteiger partial charge in [0.25, 0.3) is 11.5 Å². The molecule has 0 radical (unpaired) electrons. The van der Waals surface area contributed by atoms with Crippen LogP contribution in [0.1, 0.15) is 30.4 Å². The predicted molar refractivity (Wildman–Crippen MR) is 112 cm³/mol. The molecule has 1 saturated carbocycles. The van der Waals surface area contributed by atoms with Crippen LogP contribution in [0.2, 0.25) is 0 Å². The van der Waals surface area contributed by atoms with Gasteiger partial charge >= 0.3 is 0 Å². The Morgan fingerprint density at radius 2 is 1.87 bits per heavy atom. The average Bonchev–Trinajstić information content (AvgIpc) is 3.05. The first-order valence-electron chi connectivity index (χ1n) is 10.1. The van der Waals surface area contributed by atoms with Gasteiger partial charge in [-0.1, -0.05) is 12.2 Å². The number of hydrogen-bond acceptors (Lipinski definition) is 5. The first-order valence-corrected chi connectivity index (χ1v) is 11.6. The monoisotopic (exact) mass is 448 g/mol. The van der Waals surface area contributed by atoms with Gasteiger partial charge in [-0.15, -0.1) is 0 Å². The minimum absolute atomic E-state index is 0.0718. The highest BCUT2D eigenvalue weighted by atomic mass is 32.2. The molecule has 31 heavy (non-hydrogen) atoms. The topological polar surface area (TPSA) is 98.3 Å². The number of allylic oxidation sites excluding steroid dienone is 1. The largest absolute Gasteiger partial charge is 0.356 e. The van der Waals surface area contributed by atoms with E-state index >= 15 is 0 Å². The third kappa shape index (κ3) is 3.11. The number of piperidine rings is 1. The summed E-state index contributed by atoms with van der Waals surface area (Å²) in [4.78, 5) is 18.7. The number of alkyl halides is 2. The van der Waals surface area contributed by atoms with Crippen molar-refractivity contribution >= 4 is 21.9 Å². The number of aromatic nitrogens is 2. The van der Waals surface area contributed by atoms with Crippen LogP contribution in [0.4, 0.5) is 14.6 Å². The highest BCUT2D eigenvalue weighted by molar-refractivity contribution is 7.89.